The van der Waals surface area contributed by atoms with E-state index < -0.39 is 0 Å². The Morgan fingerprint density at radius 1 is 1.00 bits per heavy atom. The Balaban J connectivity index is 2.41. The van der Waals surface area contributed by atoms with E-state index in [1.807, 2.05) is 12.1 Å². The Labute approximate surface area is 123 Å². The topological polar surface area (TPSA) is 35.8 Å². The van der Waals surface area contributed by atoms with Crippen LogP contribution < -0.4 is 5.32 Å². The fourth-order valence-electron chi connectivity index (χ4n) is 1.46. The number of nitriles is 1. The normalized spacial score (nSPS) is 9.89. The van der Waals surface area contributed by atoms with Crippen LogP contribution in [0.3, 0.4) is 0 Å². The summed E-state index contributed by atoms with van der Waals surface area (Å²) < 4.78 is 0.730. The fourth-order valence-corrected chi connectivity index (χ4v) is 2.28. The lowest BCUT2D eigenvalue weighted by molar-refractivity contribution is 1.46. The third-order valence-corrected chi connectivity index (χ3v) is 4.12. The lowest BCUT2D eigenvalue weighted by atomic mass is 10.2. The molecule has 0 aliphatic heterocycles. The summed E-state index contributed by atoms with van der Waals surface area (Å²) in [6.45, 7) is 0. The van der Waals surface area contributed by atoms with Crippen LogP contribution in [0.1, 0.15) is 5.56 Å². The number of anilines is 2. The highest BCUT2D eigenvalue weighted by molar-refractivity contribution is 9.10. The number of hydrogen-bond donors (Lipinski definition) is 1. The molecule has 2 aromatic carbocycles. The quantitative estimate of drug-likeness (QED) is 0.745. The zero-order valence-corrected chi connectivity index (χ0v) is 12.1. The predicted octanol–water partition coefficient (Wildman–Crippen LogP) is 5.37. The van der Waals surface area contributed by atoms with Crippen molar-refractivity contribution in [1.82, 2.24) is 0 Å². The molecule has 1 N–H and O–H groups in total. The van der Waals surface area contributed by atoms with Gasteiger partial charge in [-0.05, 0) is 40.2 Å². The van der Waals surface area contributed by atoms with Gasteiger partial charge in [0.05, 0.1) is 27.0 Å². The molecular formula is C13H7BrCl2N2. The monoisotopic (exact) mass is 340 g/mol. The fraction of sp³-hybridized carbons (Fsp3) is 0. The molecule has 2 aromatic rings. The number of nitrogens with one attached hydrogen (secondary N) is 1. The lowest BCUT2D eigenvalue weighted by Gasteiger charge is -2.11. The summed E-state index contributed by atoms with van der Waals surface area (Å²) in [4.78, 5) is 0. The maximum absolute atomic E-state index is 9.01. The van der Waals surface area contributed by atoms with Gasteiger partial charge in [-0.2, -0.15) is 5.26 Å². The van der Waals surface area contributed by atoms with Crippen LogP contribution in [0.2, 0.25) is 10.0 Å². The van der Waals surface area contributed by atoms with Gasteiger partial charge in [0.15, 0.2) is 0 Å². The Hall–Kier alpha value is -1.21. The summed E-state index contributed by atoms with van der Waals surface area (Å²) >= 11 is 15.5. The molecule has 90 valence electrons. The van der Waals surface area contributed by atoms with Gasteiger partial charge in [0.25, 0.3) is 0 Å². The molecule has 0 radical (unpaired) electrons. The Morgan fingerprint density at radius 2 is 1.72 bits per heavy atom. The molecule has 0 bridgehead atoms. The van der Waals surface area contributed by atoms with E-state index in [2.05, 4.69) is 27.3 Å². The van der Waals surface area contributed by atoms with Crippen molar-refractivity contribution in [1.29, 1.82) is 5.26 Å². The van der Waals surface area contributed by atoms with Crippen LogP contribution in [-0.4, -0.2) is 0 Å². The average molecular weight is 342 g/mol. The highest BCUT2D eigenvalue weighted by Gasteiger charge is 2.09. The summed E-state index contributed by atoms with van der Waals surface area (Å²) in [5.41, 5.74) is 1.90. The molecule has 0 aliphatic carbocycles. The minimum atomic E-state index is 0.416. The maximum Gasteiger partial charge on any atom is 0.101 e. The molecular weight excluding hydrogens is 335 g/mol. The van der Waals surface area contributed by atoms with Gasteiger partial charge in [0, 0.05) is 4.47 Å². The van der Waals surface area contributed by atoms with Crippen LogP contribution >= 0.6 is 39.1 Å². The zero-order valence-electron chi connectivity index (χ0n) is 9.05. The van der Waals surface area contributed by atoms with Crippen molar-refractivity contribution in [3.63, 3.8) is 0 Å². The first-order valence-electron chi connectivity index (χ1n) is 5.03. The number of rotatable bonds is 2. The van der Waals surface area contributed by atoms with E-state index in [1.54, 1.807) is 24.3 Å². The summed E-state index contributed by atoms with van der Waals surface area (Å²) in [5, 5.41) is 13.0. The molecule has 0 unspecified atom stereocenters. The van der Waals surface area contributed by atoms with Crippen LogP contribution in [0.15, 0.2) is 40.9 Å². The standard InChI is InChI=1S/C13H7BrCl2N2/c14-9-5-6-11(13(16)12(9)15)18-10-4-2-1-3-8(10)7-17/h1-6,18H. The summed E-state index contributed by atoms with van der Waals surface area (Å²) in [5.74, 6) is 0. The van der Waals surface area contributed by atoms with Gasteiger partial charge in [-0.25, -0.2) is 0 Å². The highest BCUT2D eigenvalue weighted by Crippen LogP contribution is 2.37. The van der Waals surface area contributed by atoms with E-state index in [0.717, 1.165) is 4.47 Å². The molecule has 2 nitrogen and oxygen atoms in total. The van der Waals surface area contributed by atoms with Crippen LogP contribution in [0.25, 0.3) is 0 Å². The van der Waals surface area contributed by atoms with E-state index in [0.29, 0.717) is 27.0 Å². The minimum Gasteiger partial charge on any atom is -0.353 e. The first kappa shape index (κ1) is 13.2. The minimum absolute atomic E-state index is 0.416. The van der Waals surface area contributed by atoms with Crippen LogP contribution in [0.5, 0.6) is 0 Å². The van der Waals surface area contributed by atoms with Crippen molar-refractivity contribution in [2.45, 2.75) is 0 Å². The molecule has 18 heavy (non-hydrogen) atoms. The Morgan fingerprint density at radius 3 is 2.44 bits per heavy atom. The SMILES string of the molecule is N#Cc1ccccc1Nc1ccc(Br)c(Cl)c1Cl. The molecule has 0 aliphatic rings. The molecule has 0 aromatic heterocycles. The molecule has 5 heteroatoms. The van der Waals surface area contributed by atoms with Gasteiger partial charge in [-0.1, -0.05) is 35.3 Å². The molecule has 0 spiro atoms. The van der Waals surface area contributed by atoms with Crippen LogP contribution in [0.4, 0.5) is 11.4 Å². The van der Waals surface area contributed by atoms with E-state index in [1.165, 1.54) is 0 Å². The second-order valence-electron chi connectivity index (χ2n) is 3.51. The first-order valence-corrected chi connectivity index (χ1v) is 6.58. The highest BCUT2D eigenvalue weighted by atomic mass is 79.9. The number of hydrogen-bond acceptors (Lipinski definition) is 2. The molecule has 0 atom stereocenters. The Kier molecular flexibility index (Phi) is 4.13. The van der Waals surface area contributed by atoms with Crippen molar-refractivity contribution in [2.24, 2.45) is 0 Å². The van der Waals surface area contributed by atoms with Gasteiger partial charge in [-0.15, -0.1) is 0 Å². The first-order chi connectivity index (χ1) is 8.63. The Bertz CT molecular complexity index is 635. The number of nitrogens with zero attached hydrogens (tertiary/aromatic N) is 1. The summed E-state index contributed by atoms with van der Waals surface area (Å²) in [7, 11) is 0. The van der Waals surface area contributed by atoms with E-state index in [9.17, 15) is 0 Å². The second kappa shape index (κ2) is 5.62. The molecule has 0 saturated heterocycles. The van der Waals surface area contributed by atoms with Crippen molar-refractivity contribution in [3.05, 3.63) is 56.5 Å². The van der Waals surface area contributed by atoms with Crippen molar-refractivity contribution in [2.75, 3.05) is 5.32 Å². The summed E-state index contributed by atoms with van der Waals surface area (Å²) in [6, 6.07) is 12.9. The average Bonchev–Trinajstić information content (AvgIpc) is 2.40. The van der Waals surface area contributed by atoms with Crippen LogP contribution in [0, 0.1) is 11.3 Å². The smallest absolute Gasteiger partial charge is 0.101 e. The van der Waals surface area contributed by atoms with Gasteiger partial charge in [0.2, 0.25) is 0 Å². The third-order valence-electron chi connectivity index (χ3n) is 2.35. The maximum atomic E-state index is 9.01. The van der Waals surface area contributed by atoms with E-state index in [-0.39, 0.29) is 0 Å². The lowest BCUT2D eigenvalue weighted by Crippen LogP contribution is -1.94. The van der Waals surface area contributed by atoms with Crippen LogP contribution in [-0.2, 0) is 0 Å². The predicted molar refractivity (Wildman–Crippen MR) is 78.6 cm³/mol. The van der Waals surface area contributed by atoms with Gasteiger partial charge < -0.3 is 5.32 Å². The van der Waals surface area contributed by atoms with Crippen molar-refractivity contribution >= 4 is 50.5 Å². The molecule has 2 rings (SSSR count). The van der Waals surface area contributed by atoms with Gasteiger partial charge in [0.1, 0.15) is 6.07 Å². The number of halogens is 3. The number of benzene rings is 2. The molecule has 0 amide bonds. The molecule has 0 heterocycles. The van der Waals surface area contributed by atoms with Gasteiger partial charge >= 0.3 is 0 Å². The molecule has 0 saturated carbocycles. The van der Waals surface area contributed by atoms with Crippen molar-refractivity contribution < 1.29 is 0 Å². The van der Waals surface area contributed by atoms with Gasteiger partial charge in [-0.3, -0.25) is 0 Å². The molecule has 0 fully saturated rings. The second-order valence-corrected chi connectivity index (χ2v) is 5.12. The van der Waals surface area contributed by atoms with E-state index in [4.69, 9.17) is 28.5 Å². The largest absolute Gasteiger partial charge is 0.353 e. The number of para-hydroxylation sites is 1. The van der Waals surface area contributed by atoms with Crippen molar-refractivity contribution in [3.8, 4) is 6.07 Å². The summed E-state index contributed by atoms with van der Waals surface area (Å²) in [6.07, 6.45) is 0. The zero-order chi connectivity index (χ0) is 13.1. The third kappa shape index (κ3) is 2.62. The van der Waals surface area contributed by atoms with E-state index >= 15 is 0 Å².